The van der Waals surface area contributed by atoms with Crippen molar-refractivity contribution in [1.29, 1.82) is 0 Å². The van der Waals surface area contributed by atoms with Gasteiger partial charge in [0.1, 0.15) is 5.76 Å². The number of aryl methyl sites for hydroxylation is 2. The monoisotopic (exact) mass is 377 g/mol. The maximum atomic E-state index is 6.15. The Balaban J connectivity index is 0.00000243. The number of aromatic nitrogens is 3. The van der Waals surface area contributed by atoms with E-state index in [9.17, 15) is 0 Å². The van der Waals surface area contributed by atoms with Gasteiger partial charge in [0.2, 0.25) is 5.89 Å². The molecule has 140 valence electrons. The fraction of sp³-hybridized carbons (Fsp3) is 0.389. The summed E-state index contributed by atoms with van der Waals surface area (Å²) in [5, 5.41) is 15.1. The van der Waals surface area contributed by atoms with Gasteiger partial charge in [-0.15, -0.1) is 17.5 Å². The normalized spacial score (nSPS) is 11.8. The summed E-state index contributed by atoms with van der Waals surface area (Å²) in [4.78, 5) is 0. The average Bonchev–Trinajstić information content (AvgIpc) is 3.21. The SMILES string of the molecule is Cc1noc(C)c1CCCNc1nnc([C@H](N)Cc2ccccc2)o1.Cl. The van der Waals surface area contributed by atoms with Gasteiger partial charge in [0, 0.05) is 12.1 Å². The summed E-state index contributed by atoms with van der Waals surface area (Å²) < 4.78 is 10.8. The number of nitrogens with two attached hydrogens (primary N) is 1. The van der Waals surface area contributed by atoms with Crippen LogP contribution in [0.15, 0.2) is 39.3 Å². The first-order chi connectivity index (χ1) is 12.1. The van der Waals surface area contributed by atoms with Gasteiger partial charge in [-0.25, -0.2) is 0 Å². The fourth-order valence-electron chi connectivity index (χ4n) is 2.73. The molecule has 3 aromatic rings. The van der Waals surface area contributed by atoms with Crippen LogP contribution in [0.1, 0.15) is 40.9 Å². The molecular weight excluding hydrogens is 354 g/mol. The van der Waals surface area contributed by atoms with E-state index in [0.717, 1.165) is 42.0 Å². The van der Waals surface area contributed by atoms with Gasteiger partial charge in [0.25, 0.3) is 0 Å². The second-order valence-corrected chi connectivity index (χ2v) is 6.07. The Morgan fingerprint density at radius 1 is 1.15 bits per heavy atom. The molecule has 2 heterocycles. The lowest BCUT2D eigenvalue weighted by Gasteiger charge is -2.06. The van der Waals surface area contributed by atoms with Crippen molar-refractivity contribution in [2.45, 2.75) is 39.2 Å². The van der Waals surface area contributed by atoms with Gasteiger partial charge < -0.3 is 20.0 Å². The third kappa shape index (κ3) is 5.06. The van der Waals surface area contributed by atoms with Crippen LogP contribution in [0.3, 0.4) is 0 Å². The fourth-order valence-corrected chi connectivity index (χ4v) is 2.73. The smallest absolute Gasteiger partial charge is 0.315 e. The summed E-state index contributed by atoms with van der Waals surface area (Å²) in [6, 6.07) is 10.1. The maximum Gasteiger partial charge on any atom is 0.315 e. The van der Waals surface area contributed by atoms with Gasteiger partial charge in [-0.3, -0.25) is 0 Å². The molecule has 0 bridgehead atoms. The standard InChI is InChI=1S/C18H23N5O2.ClH/c1-12-15(13(2)25-23-12)9-6-10-20-18-22-21-17(24-18)16(19)11-14-7-4-3-5-8-14;/h3-5,7-8,16H,6,9-11,19H2,1-2H3,(H,20,22);1H/t16-;/m1./s1. The molecule has 7 nitrogen and oxygen atoms in total. The molecule has 26 heavy (non-hydrogen) atoms. The van der Waals surface area contributed by atoms with Crippen molar-refractivity contribution in [2.75, 3.05) is 11.9 Å². The Hall–Kier alpha value is -2.38. The maximum absolute atomic E-state index is 6.15. The van der Waals surface area contributed by atoms with Crippen molar-refractivity contribution in [3.8, 4) is 0 Å². The third-order valence-electron chi connectivity index (χ3n) is 4.12. The molecule has 0 aliphatic heterocycles. The number of halogens is 1. The number of nitrogens with zero attached hydrogens (tertiary/aromatic N) is 3. The molecule has 0 radical (unpaired) electrons. The van der Waals surface area contributed by atoms with E-state index in [-0.39, 0.29) is 18.4 Å². The number of rotatable bonds is 8. The lowest BCUT2D eigenvalue weighted by atomic mass is 10.1. The summed E-state index contributed by atoms with van der Waals surface area (Å²) in [5.74, 6) is 1.32. The van der Waals surface area contributed by atoms with Crippen molar-refractivity contribution >= 4 is 18.4 Å². The van der Waals surface area contributed by atoms with Crippen LogP contribution >= 0.6 is 12.4 Å². The highest BCUT2D eigenvalue weighted by Gasteiger charge is 2.15. The summed E-state index contributed by atoms with van der Waals surface area (Å²) in [5.41, 5.74) is 9.41. The molecule has 0 saturated heterocycles. The number of hydrogen-bond donors (Lipinski definition) is 2. The molecule has 0 amide bonds. The number of benzene rings is 1. The number of nitrogens with one attached hydrogen (secondary N) is 1. The molecule has 0 aliphatic rings. The minimum absolute atomic E-state index is 0. The summed E-state index contributed by atoms with van der Waals surface area (Å²) in [6.07, 6.45) is 2.47. The minimum atomic E-state index is -0.312. The van der Waals surface area contributed by atoms with Crippen LogP contribution in [0, 0.1) is 13.8 Å². The van der Waals surface area contributed by atoms with Crippen molar-refractivity contribution in [2.24, 2.45) is 5.73 Å². The van der Waals surface area contributed by atoms with Gasteiger partial charge in [0.05, 0.1) is 11.7 Å². The van der Waals surface area contributed by atoms with E-state index < -0.39 is 0 Å². The van der Waals surface area contributed by atoms with Crippen LogP contribution in [0.2, 0.25) is 0 Å². The zero-order chi connectivity index (χ0) is 17.6. The molecule has 1 aromatic carbocycles. The summed E-state index contributed by atoms with van der Waals surface area (Å²) >= 11 is 0. The molecule has 3 N–H and O–H groups in total. The van der Waals surface area contributed by atoms with Gasteiger partial charge >= 0.3 is 6.01 Å². The minimum Gasteiger partial charge on any atom is -0.406 e. The molecule has 0 aliphatic carbocycles. The Kier molecular flexibility index (Phi) is 7.17. The first-order valence-electron chi connectivity index (χ1n) is 8.42. The van der Waals surface area contributed by atoms with Crippen LogP contribution in [-0.2, 0) is 12.8 Å². The van der Waals surface area contributed by atoms with E-state index in [2.05, 4.69) is 20.7 Å². The van der Waals surface area contributed by atoms with Crippen molar-refractivity contribution in [3.05, 3.63) is 58.8 Å². The van der Waals surface area contributed by atoms with Gasteiger partial charge in [-0.1, -0.05) is 40.6 Å². The predicted octanol–water partition coefficient (Wildman–Crippen LogP) is 3.38. The van der Waals surface area contributed by atoms with Crippen LogP contribution in [0.5, 0.6) is 0 Å². The lowest BCUT2D eigenvalue weighted by molar-refractivity contribution is 0.392. The molecule has 2 aromatic heterocycles. The molecule has 0 fully saturated rings. The number of hydrogen-bond acceptors (Lipinski definition) is 7. The lowest BCUT2D eigenvalue weighted by Crippen LogP contribution is -2.13. The quantitative estimate of drug-likeness (QED) is 0.580. The Morgan fingerprint density at radius 2 is 1.92 bits per heavy atom. The zero-order valence-electron chi connectivity index (χ0n) is 14.9. The third-order valence-corrected chi connectivity index (χ3v) is 4.12. The summed E-state index contributed by atoms with van der Waals surface area (Å²) in [6.45, 7) is 4.61. The largest absolute Gasteiger partial charge is 0.406 e. The molecule has 8 heteroatoms. The van der Waals surface area contributed by atoms with E-state index in [1.165, 1.54) is 0 Å². The molecule has 0 spiro atoms. The highest BCUT2D eigenvalue weighted by Crippen LogP contribution is 2.17. The number of anilines is 1. The molecule has 3 rings (SSSR count). The molecule has 1 atom stereocenters. The van der Waals surface area contributed by atoms with E-state index in [1.54, 1.807) is 0 Å². The highest BCUT2D eigenvalue weighted by atomic mass is 35.5. The van der Waals surface area contributed by atoms with E-state index in [0.29, 0.717) is 18.3 Å². The van der Waals surface area contributed by atoms with Crippen molar-refractivity contribution < 1.29 is 8.94 Å². The molecule has 0 unspecified atom stereocenters. The van der Waals surface area contributed by atoms with Crippen molar-refractivity contribution in [3.63, 3.8) is 0 Å². The molecular formula is C18H24ClN5O2. The Morgan fingerprint density at radius 3 is 2.62 bits per heavy atom. The predicted molar refractivity (Wildman–Crippen MR) is 101 cm³/mol. The zero-order valence-corrected chi connectivity index (χ0v) is 15.8. The van der Waals surface area contributed by atoms with Crippen molar-refractivity contribution in [1.82, 2.24) is 15.4 Å². The van der Waals surface area contributed by atoms with Crippen LogP contribution in [-0.4, -0.2) is 21.9 Å². The first kappa shape index (κ1) is 19.9. The van der Waals surface area contributed by atoms with Crippen LogP contribution in [0.4, 0.5) is 6.01 Å². The van der Waals surface area contributed by atoms with Crippen LogP contribution < -0.4 is 11.1 Å². The van der Waals surface area contributed by atoms with E-state index in [1.807, 2.05) is 44.2 Å². The van der Waals surface area contributed by atoms with Gasteiger partial charge in [-0.2, -0.15) is 0 Å². The first-order valence-corrected chi connectivity index (χ1v) is 8.42. The Labute approximate surface area is 158 Å². The topological polar surface area (TPSA) is 103 Å². The second-order valence-electron chi connectivity index (χ2n) is 6.07. The Bertz CT molecular complexity index is 784. The average molecular weight is 378 g/mol. The van der Waals surface area contributed by atoms with Gasteiger partial charge in [-0.05, 0) is 38.7 Å². The summed E-state index contributed by atoms with van der Waals surface area (Å²) in [7, 11) is 0. The second kappa shape index (κ2) is 9.35. The highest BCUT2D eigenvalue weighted by molar-refractivity contribution is 5.85. The van der Waals surface area contributed by atoms with E-state index >= 15 is 0 Å². The van der Waals surface area contributed by atoms with Gasteiger partial charge in [0.15, 0.2) is 0 Å². The van der Waals surface area contributed by atoms with E-state index in [4.69, 9.17) is 14.7 Å². The van der Waals surface area contributed by atoms with Crippen LogP contribution in [0.25, 0.3) is 0 Å². The molecule has 0 saturated carbocycles.